The summed E-state index contributed by atoms with van der Waals surface area (Å²) >= 11 is 0. The molecule has 1 heteroatoms. The Morgan fingerprint density at radius 1 is 1.12 bits per heavy atom. The van der Waals surface area contributed by atoms with Gasteiger partial charge in [0.1, 0.15) is 5.60 Å². The SMILES string of the molecule is CC1=CC(C)(C)OC=C1Cc1ccccc1. The third-order valence-electron chi connectivity index (χ3n) is 2.81. The zero-order chi connectivity index (χ0) is 11.6. The van der Waals surface area contributed by atoms with E-state index in [9.17, 15) is 0 Å². The van der Waals surface area contributed by atoms with Crippen LogP contribution in [-0.2, 0) is 11.2 Å². The van der Waals surface area contributed by atoms with E-state index in [1.807, 2.05) is 12.3 Å². The number of ether oxygens (including phenoxy) is 1. The van der Waals surface area contributed by atoms with Crippen LogP contribution in [0.3, 0.4) is 0 Å². The van der Waals surface area contributed by atoms with Crippen molar-refractivity contribution >= 4 is 0 Å². The lowest BCUT2D eigenvalue weighted by Gasteiger charge is -2.27. The fraction of sp³-hybridized carbons (Fsp3) is 0.333. The van der Waals surface area contributed by atoms with Gasteiger partial charge in [0, 0.05) is 6.42 Å². The lowest BCUT2D eigenvalue weighted by molar-refractivity contribution is 0.0978. The summed E-state index contributed by atoms with van der Waals surface area (Å²) in [7, 11) is 0. The fourth-order valence-corrected chi connectivity index (χ4v) is 1.96. The van der Waals surface area contributed by atoms with Crippen LogP contribution in [0.4, 0.5) is 0 Å². The van der Waals surface area contributed by atoms with E-state index < -0.39 is 0 Å². The molecule has 0 amide bonds. The maximum atomic E-state index is 5.68. The second kappa shape index (κ2) is 4.17. The fourth-order valence-electron chi connectivity index (χ4n) is 1.96. The van der Waals surface area contributed by atoms with E-state index in [-0.39, 0.29) is 5.60 Å². The number of allylic oxidation sites excluding steroid dienone is 2. The predicted octanol–water partition coefficient (Wildman–Crippen LogP) is 3.87. The first-order chi connectivity index (χ1) is 7.57. The quantitative estimate of drug-likeness (QED) is 0.726. The molecule has 84 valence electrons. The molecule has 0 fully saturated rings. The second-order valence-corrected chi connectivity index (χ2v) is 4.85. The van der Waals surface area contributed by atoms with Crippen molar-refractivity contribution in [1.29, 1.82) is 0 Å². The highest BCUT2D eigenvalue weighted by molar-refractivity contribution is 5.37. The smallest absolute Gasteiger partial charge is 0.121 e. The van der Waals surface area contributed by atoms with Crippen molar-refractivity contribution in [3.63, 3.8) is 0 Å². The van der Waals surface area contributed by atoms with E-state index in [2.05, 4.69) is 51.1 Å². The van der Waals surface area contributed by atoms with E-state index >= 15 is 0 Å². The largest absolute Gasteiger partial charge is 0.491 e. The van der Waals surface area contributed by atoms with Crippen LogP contribution in [0.2, 0.25) is 0 Å². The highest BCUT2D eigenvalue weighted by atomic mass is 16.5. The van der Waals surface area contributed by atoms with E-state index in [1.165, 1.54) is 16.7 Å². The van der Waals surface area contributed by atoms with E-state index in [1.54, 1.807) is 0 Å². The van der Waals surface area contributed by atoms with Crippen molar-refractivity contribution in [3.05, 3.63) is 59.4 Å². The van der Waals surface area contributed by atoms with Crippen LogP contribution in [0.1, 0.15) is 26.3 Å². The summed E-state index contributed by atoms with van der Waals surface area (Å²) in [5, 5.41) is 0. The molecule has 0 saturated carbocycles. The number of hydrogen-bond acceptors (Lipinski definition) is 1. The minimum atomic E-state index is -0.162. The predicted molar refractivity (Wildman–Crippen MR) is 67.2 cm³/mol. The number of hydrogen-bond donors (Lipinski definition) is 0. The molecule has 0 bridgehead atoms. The van der Waals surface area contributed by atoms with Crippen LogP contribution in [-0.4, -0.2) is 5.60 Å². The lowest BCUT2D eigenvalue weighted by Crippen LogP contribution is -2.22. The molecule has 2 rings (SSSR count). The van der Waals surface area contributed by atoms with Gasteiger partial charge in [-0.25, -0.2) is 0 Å². The maximum Gasteiger partial charge on any atom is 0.121 e. The summed E-state index contributed by atoms with van der Waals surface area (Å²) < 4.78 is 5.68. The lowest BCUT2D eigenvalue weighted by atomic mass is 9.94. The molecule has 0 unspecified atom stereocenters. The molecule has 0 aromatic heterocycles. The zero-order valence-corrected chi connectivity index (χ0v) is 10.2. The third kappa shape index (κ3) is 2.54. The molecule has 1 aromatic carbocycles. The Bertz CT molecular complexity index is 424. The highest BCUT2D eigenvalue weighted by Crippen LogP contribution is 2.26. The monoisotopic (exact) mass is 214 g/mol. The summed E-state index contributed by atoms with van der Waals surface area (Å²) in [6.45, 7) is 6.30. The normalized spacial score (nSPS) is 18.4. The molecule has 1 aliphatic rings. The van der Waals surface area contributed by atoms with Gasteiger partial charge in [0.05, 0.1) is 6.26 Å². The first-order valence-corrected chi connectivity index (χ1v) is 5.67. The topological polar surface area (TPSA) is 9.23 Å². The number of rotatable bonds is 2. The molecule has 1 aliphatic heterocycles. The maximum absolute atomic E-state index is 5.68. The highest BCUT2D eigenvalue weighted by Gasteiger charge is 2.20. The van der Waals surface area contributed by atoms with Gasteiger partial charge in [-0.1, -0.05) is 30.3 Å². The van der Waals surface area contributed by atoms with Gasteiger partial charge < -0.3 is 4.74 Å². The second-order valence-electron chi connectivity index (χ2n) is 4.85. The van der Waals surface area contributed by atoms with Gasteiger partial charge in [-0.2, -0.15) is 0 Å². The minimum Gasteiger partial charge on any atom is -0.491 e. The van der Waals surface area contributed by atoms with E-state index in [0.29, 0.717) is 0 Å². The molecule has 0 spiro atoms. The van der Waals surface area contributed by atoms with Crippen molar-refractivity contribution in [3.8, 4) is 0 Å². The van der Waals surface area contributed by atoms with Gasteiger partial charge in [-0.3, -0.25) is 0 Å². The Morgan fingerprint density at radius 3 is 2.44 bits per heavy atom. The van der Waals surface area contributed by atoms with Crippen molar-refractivity contribution in [1.82, 2.24) is 0 Å². The molecule has 0 saturated heterocycles. The van der Waals surface area contributed by atoms with Gasteiger partial charge in [0.25, 0.3) is 0 Å². The van der Waals surface area contributed by atoms with E-state index in [4.69, 9.17) is 4.74 Å². The average molecular weight is 214 g/mol. The van der Waals surface area contributed by atoms with Crippen molar-refractivity contribution in [2.75, 3.05) is 0 Å². The standard InChI is InChI=1S/C15H18O/c1-12-10-15(2,3)16-11-14(12)9-13-7-5-4-6-8-13/h4-8,10-11H,9H2,1-3H3. The van der Waals surface area contributed by atoms with Gasteiger partial charge in [0.2, 0.25) is 0 Å². The Morgan fingerprint density at radius 2 is 1.81 bits per heavy atom. The van der Waals surface area contributed by atoms with Crippen LogP contribution in [0.5, 0.6) is 0 Å². The molecule has 0 radical (unpaired) electrons. The molecule has 1 heterocycles. The van der Waals surface area contributed by atoms with Gasteiger partial charge in [-0.05, 0) is 43.6 Å². The Balaban J connectivity index is 2.14. The minimum absolute atomic E-state index is 0.162. The molecule has 16 heavy (non-hydrogen) atoms. The van der Waals surface area contributed by atoms with Crippen LogP contribution < -0.4 is 0 Å². The molecule has 0 aliphatic carbocycles. The molecule has 1 nitrogen and oxygen atoms in total. The van der Waals surface area contributed by atoms with Gasteiger partial charge >= 0.3 is 0 Å². The summed E-state index contributed by atoms with van der Waals surface area (Å²) in [6.07, 6.45) is 5.03. The number of benzene rings is 1. The van der Waals surface area contributed by atoms with Crippen LogP contribution in [0.15, 0.2) is 53.8 Å². The Kier molecular flexibility index (Phi) is 2.86. The molecule has 1 aromatic rings. The van der Waals surface area contributed by atoms with E-state index in [0.717, 1.165) is 6.42 Å². The first-order valence-electron chi connectivity index (χ1n) is 5.67. The van der Waals surface area contributed by atoms with Crippen LogP contribution in [0.25, 0.3) is 0 Å². The molecule has 0 N–H and O–H groups in total. The van der Waals surface area contributed by atoms with Crippen LogP contribution >= 0.6 is 0 Å². The Labute approximate surface area is 97.4 Å². The van der Waals surface area contributed by atoms with Crippen molar-refractivity contribution in [2.24, 2.45) is 0 Å². The van der Waals surface area contributed by atoms with Gasteiger partial charge in [0.15, 0.2) is 0 Å². The first kappa shape index (κ1) is 11.0. The summed E-state index contributed by atoms with van der Waals surface area (Å²) in [4.78, 5) is 0. The average Bonchev–Trinajstić information content (AvgIpc) is 2.23. The zero-order valence-electron chi connectivity index (χ0n) is 10.2. The molecule has 0 atom stereocenters. The van der Waals surface area contributed by atoms with Crippen LogP contribution in [0, 0.1) is 0 Å². The summed E-state index contributed by atoms with van der Waals surface area (Å²) in [5.41, 5.74) is 3.75. The summed E-state index contributed by atoms with van der Waals surface area (Å²) in [5.74, 6) is 0. The Hall–Kier alpha value is -1.50. The molecular formula is C15H18O. The third-order valence-corrected chi connectivity index (χ3v) is 2.81. The van der Waals surface area contributed by atoms with Gasteiger partial charge in [-0.15, -0.1) is 0 Å². The molecular weight excluding hydrogens is 196 g/mol. The van der Waals surface area contributed by atoms with Crippen molar-refractivity contribution in [2.45, 2.75) is 32.8 Å². The summed E-state index contributed by atoms with van der Waals surface area (Å²) in [6, 6.07) is 10.5. The van der Waals surface area contributed by atoms with Crippen molar-refractivity contribution < 1.29 is 4.74 Å².